The number of carboxylic acid groups (broad SMARTS) is 1. The molecule has 2 rings (SSSR count). The number of hydrogen-bond acceptors (Lipinski definition) is 4. The van der Waals surface area contributed by atoms with Gasteiger partial charge in [0.15, 0.2) is 17.6 Å². The van der Waals surface area contributed by atoms with Gasteiger partial charge in [0.2, 0.25) is 0 Å². The average molecular weight is 224 g/mol. The molecule has 1 aromatic rings. The fraction of sp³-hybridized carbons (Fsp3) is 0.364. The number of aliphatic carboxylic acids is 1. The van der Waals surface area contributed by atoms with Crippen molar-refractivity contribution in [2.75, 3.05) is 14.2 Å². The van der Waals surface area contributed by atoms with Crippen molar-refractivity contribution in [3.8, 4) is 11.5 Å². The first-order valence-electron chi connectivity index (χ1n) is 4.77. The van der Waals surface area contributed by atoms with Crippen LogP contribution in [0.2, 0.25) is 0 Å². The van der Waals surface area contributed by atoms with Gasteiger partial charge in [-0.25, -0.2) is 4.79 Å². The Bertz CT molecular complexity index is 415. The van der Waals surface area contributed by atoms with Gasteiger partial charge in [0.25, 0.3) is 0 Å². The molecular weight excluding hydrogens is 212 g/mol. The third-order valence-electron chi connectivity index (χ3n) is 2.47. The van der Waals surface area contributed by atoms with Crippen molar-refractivity contribution in [1.82, 2.24) is 0 Å². The molecule has 0 spiro atoms. The summed E-state index contributed by atoms with van der Waals surface area (Å²) in [6.07, 6.45) is -1.12. The van der Waals surface area contributed by atoms with Crippen LogP contribution in [-0.2, 0) is 9.53 Å². The standard InChI is InChI=1S/C11H12O5/c1-14-7-4-3-6(5-8(7)15-2)9-10(16-9)11(12)13/h3-5,9-10H,1-2H3,(H,12,13)/t9-,10+/m0/s1. The molecule has 0 radical (unpaired) electrons. The minimum absolute atomic E-state index is 0.377. The highest BCUT2D eigenvalue weighted by atomic mass is 16.6. The lowest BCUT2D eigenvalue weighted by atomic mass is 10.1. The molecule has 1 aromatic carbocycles. The number of ether oxygens (including phenoxy) is 3. The molecular formula is C11H12O5. The molecule has 1 heterocycles. The molecule has 1 saturated heterocycles. The molecule has 1 fully saturated rings. The van der Waals surface area contributed by atoms with Gasteiger partial charge in [-0.15, -0.1) is 0 Å². The Hall–Kier alpha value is -1.75. The maximum absolute atomic E-state index is 10.6. The summed E-state index contributed by atoms with van der Waals surface area (Å²) in [5.74, 6) is 0.234. The predicted molar refractivity (Wildman–Crippen MR) is 54.8 cm³/mol. The van der Waals surface area contributed by atoms with Crippen molar-refractivity contribution in [3.63, 3.8) is 0 Å². The Kier molecular flexibility index (Phi) is 2.70. The number of carboxylic acids is 1. The summed E-state index contributed by atoms with van der Waals surface area (Å²) >= 11 is 0. The summed E-state index contributed by atoms with van der Waals surface area (Å²) in [4.78, 5) is 10.6. The molecule has 0 saturated carbocycles. The highest BCUT2D eigenvalue weighted by Gasteiger charge is 2.46. The highest BCUT2D eigenvalue weighted by Crippen LogP contribution is 2.41. The summed E-state index contributed by atoms with van der Waals surface area (Å²) in [6.45, 7) is 0. The van der Waals surface area contributed by atoms with Gasteiger partial charge in [0.1, 0.15) is 6.10 Å². The number of epoxide rings is 1. The van der Waals surface area contributed by atoms with Crippen molar-refractivity contribution < 1.29 is 24.1 Å². The maximum atomic E-state index is 10.6. The Labute approximate surface area is 92.5 Å². The zero-order chi connectivity index (χ0) is 11.7. The van der Waals surface area contributed by atoms with Crippen LogP contribution in [0.15, 0.2) is 18.2 Å². The number of carbonyl (C=O) groups is 1. The Morgan fingerprint density at radius 1 is 1.31 bits per heavy atom. The third kappa shape index (κ3) is 1.81. The molecule has 0 bridgehead atoms. The summed E-state index contributed by atoms with van der Waals surface area (Å²) in [5, 5.41) is 8.73. The maximum Gasteiger partial charge on any atom is 0.335 e. The largest absolute Gasteiger partial charge is 0.493 e. The van der Waals surface area contributed by atoms with Gasteiger partial charge < -0.3 is 19.3 Å². The second-order valence-electron chi connectivity index (χ2n) is 3.43. The van der Waals surface area contributed by atoms with Crippen LogP contribution in [0.25, 0.3) is 0 Å². The lowest BCUT2D eigenvalue weighted by Crippen LogP contribution is -2.05. The van der Waals surface area contributed by atoms with E-state index in [9.17, 15) is 4.79 Å². The lowest BCUT2D eigenvalue weighted by molar-refractivity contribution is -0.138. The van der Waals surface area contributed by atoms with Crippen LogP contribution in [-0.4, -0.2) is 31.4 Å². The summed E-state index contributed by atoms with van der Waals surface area (Å²) in [6, 6.07) is 5.23. The van der Waals surface area contributed by atoms with E-state index in [-0.39, 0.29) is 6.10 Å². The Morgan fingerprint density at radius 3 is 2.50 bits per heavy atom. The molecule has 0 amide bonds. The fourth-order valence-corrected chi connectivity index (χ4v) is 1.58. The number of hydrogen-bond donors (Lipinski definition) is 1. The zero-order valence-corrected chi connectivity index (χ0v) is 8.97. The lowest BCUT2D eigenvalue weighted by Gasteiger charge is -2.08. The topological polar surface area (TPSA) is 68.3 Å². The smallest absolute Gasteiger partial charge is 0.335 e. The Balaban J connectivity index is 2.21. The van der Waals surface area contributed by atoms with Crippen molar-refractivity contribution in [1.29, 1.82) is 0 Å². The normalized spacial score (nSPS) is 22.6. The van der Waals surface area contributed by atoms with Crippen LogP contribution >= 0.6 is 0 Å². The van der Waals surface area contributed by atoms with E-state index in [2.05, 4.69) is 0 Å². The van der Waals surface area contributed by atoms with E-state index in [1.54, 1.807) is 25.3 Å². The average Bonchev–Trinajstić information content (AvgIpc) is 3.08. The van der Waals surface area contributed by atoms with Crippen molar-refractivity contribution in [2.45, 2.75) is 12.2 Å². The molecule has 0 aliphatic carbocycles. The summed E-state index contributed by atoms with van der Waals surface area (Å²) < 4.78 is 15.2. The van der Waals surface area contributed by atoms with Gasteiger partial charge in [0.05, 0.1) is 14.2 Å². The Morgan fingerprint density at radius 2 is 2.00 bits per heavy atom. The molecule has 0 aromatic heterocycles. The number of rotatable bonds is 4. The highest BCUT2D eigenvalue weighted by molar-refractivity contribution is 5.76. The van der Waals surface area contributed by atoms with Gasteiger partial charge in [-0.05, 0) is 17.7 Å². The van der Waals surface area contributed by atoms with E-state index in [4.69, 9.17) is 19.3 Å². The van der Waals surface area contributed by atoms with Crippen LogP contribution in [0.1, 0.15) is 11.7 Å². The van der Waals surface area contributed by atoms with E-state index >= 15 is 0 Å². The molecule has 5 nitrogen and oxygen atoms in total. The van der Waals surface area contributed by atoms with E-state index in [0.29, 0.717) is 11.5 Å². The number of methoxy groups -OCH3 is 2. The first kappa shape index (κ1) is 10.8. The monoisotopic (exact) mass is 224 g/mol. The van der Waals surface area contributed by atoms with E-state index in [1.807, 2.05) is 0 Å². The zero-order valence-electron chi connectivity index (χ0n) is 8.97. The second kappa shape index (κ2) is 4.02. The van der Waals surface area contributed by atoms with Crippen LogP contribution in [0.4, 0.5) is 0 Å². The third-order valence-corrected chi connectivity index (χ3v) is 2.47. The molecule has 16 heavy (non-hydrogen) atoms. The van der Waals surface area contributed by atoms with E-state index in [0.717, 1.165) is 5.56 Å². The van der Waals surface area contributed by atoms with E-state index < -0.39 is 12.1 Å². The predicted octanol–water partition coefficient (Wildman–Crippen LogP) is 1.23. The molecule has 0 unspecified atom stereocenters. The number of benzene rings is 1. The summed E-state index contributed by atoms with van der Waals surface area (Å²) in [5.41, 5.74) is 0.782. The molecule has 5 heteroatoms. The fourth-order valence-electron chi connectivity index (χ4n) is 1.58. The summed E-state index contributed by atoms with van der Waals surface area (Å²) in [7, 11) is 3.08. The molecule has 1 N–H and O–H groups in total. The van der Waals surface area contributed by atoms with Crippen LogP contribution in [0.5, 0.6) is 11.5 Å². The molecule has 1 aliphatic heterocycles. The quantitative estimate of drug-likeness (QED) is 0.779. The van der Waals surface area contributed by atoms with Crippen LogP contribution in [0, 0.1) is 0 Å². The first-order chi connectivity index (χ1) is 7.67. The van der Waals surface area contributed by atoms with Crippen molar-refractivity contribution in [2.24, 2.45) is 0 Å². The van der Waals surface area contributed by atoms with Gasteiger partial charge in [-0.3, -0.25) is 0 Å². The van der Waals surface area contributed by atoms with Crippen LogP contribution < -0.4 is 9.47 Å². The molecule has 86 valence electrons. The van der Waals surface area contributed by atoms with Gasteiger partial charge in [-0.2, -0.15) is 0 Å². The first-order valence-corrected chi connectivity index (χ1v) is 4.77. The van der Waals surface area contributed by atoms with Crippen molar-refractivity contribution >= 4 is 5.97 Å². The molecule has 2 atom stereocenters. The minimum atomic E-state index is -0.945. The van der Waals surface area contributed by atoms with Crippen LogP contribution in [0.3, 0.4) is 0 Å². The second-order valence-corrected chi connectivity index (χ2v) is 3.43. The van der Waals surface area contributed by atoms with Crippen molar-refractivity contribution in [3.05, 3.63) is 23.8 Å². The SMILES string of the molecule is COc1ccc([C@@H]2O[C@H]2C(=O)O)cc1OC. The van der Waals surface area contributed by atoms with Gasteiger partial charge in [-0.1, -0.05) is 6.07 Å². The van der Waals surface area contributed by atoms with Gasteiger partial charge in [0, 0.05) is 0 Å². The molecule has 1 aliphatic rings. The minimum Gasteiger partial charge on any atom is -0.493 e. The van der Waals surface area contributed by atoms with E-state index in [1.165, 1.54) is 7.11 Å². The van der Waals surface area contributed by atoms with Gasteiger partial charge >= 0.3 is 5.97 Å².